The summed E-state index contributed by atoms with van der Waals surface area (Å²) in [6, 6.07) is 7.28. The van der Waals surface area contributed by atoms with Crippen molar-refractivity contribution in [3.8, 4) is 0 Å². The van der Waals surface area contributed by atoms with Gasteiger partial charge in [0.15, 0.2) is 0 Å². The second-order valence-corrected chi connectivity index (χ2v) is 5.44. The summed E-state index contributed by atoms with van der Waals surface area (Å²) in [5.41, 5.74) is 1.62. The second-order valence-electron chi connectivity index (χ2n) is 5.17. The highest BCUT2D eigenvalue weighted by molar-refractivity contribution is 6.17. The lowest BCUT2D eigenvalue weighted by molar-refractivity contribution is -0.149. The SMILES string of the molecule is CCOC(=O)C1CCCN(C(=O)c2ccc(CCl)cc2)C1. The molecule has 1 aliphatic heterocycles. The van der Waals surface area contributed by atoms with Crippen LogP contribution < -0.4 is 0 Å². The Labute approximate surface area is 130 Å². The van der Waals surface area contributed by atoms with Crippen LogP contribution in [-0.4, -0.2) is 36.5 Å². The van der Waals surface area contributed by atoms with Crippen LogP contribution >= 0.6 is 11.6 Å². The van der Waals surface area contributed by atoms with Gasteiger partial charge in [0.1, 0.15) is 0 Å². The third-order valence-electron chi connectivity index (χ3n) is 3.68. The minimum atomic E-state index is -0.204. The Bertz CT molecular complexity index is 501. The van der Waals surface area contributed by atoms with E-state index in [1.165, 1.54) is 0 Å². The van der Waals surface area contributed by atoms with Crippen molar-refractivity contribution in [1.82, 2.24) is 4.90 Å². The van der Waals surface area contributed by atoms with Gasteiger partial charge in [-0.3, -0.25) is 9.59 Å². The van der Waals surface area contributed by atoms with Gasteiger partial charge in [-0.2, -0.15) is 0 Å². The highest BCUT2D eigenvalue weighted by Crippen LogP contribution is 2.20. The quantitative estimate of drug-likeness (QED) is 0.634. The van der Waals surface area contributed by atoms with E-state index < -0.39 is 0 Å². The number of hydrogen-bond donors (Lipinski definition) is 0. The number of carbonyl (C=O) groups excluding carboxylic acids is 2. The van der Waals surface area contributed by atoms with E-state index in [4.69, 9.17) is 16.3 Å². The van der Waals surface area contributed by atoms with Crippen LogP contribution in [0.15, 0.2) is 24.3 Å². The molecule has 0 aliphatic carbocycles. The molecule has 1 unspecified atom stereocenters. The van der Waals surface area contributed by atoms with Gasteiger partial charge in [-0.15, -0.1) is 11.6 Å². The lowest BCUT2D eigenvalue weighted by Crippen LogP contribution is -2.42. The number of amides is 1. The van der Waals surface area contributed by atoms with Crippen molar-refractivity contribution in [2.45, 2.75) is 25.6 Å². The normalized spacial score (nSPS) is 18.4. The van der Waals surface area contributed by atoms with Crippen molar-refractivity contribution in [1.29, 1.82) is 0 Å². The zero-order valence-electron chi connectivity index (χ0n) is 12.2. The number of ether oxygens (including phenoxy) is 1. The van der Waals surface area contributed by atoms with Gasteiger partial charge < -0.3 is 9.64 Å². The van der Waals surface area contributed by atoms with E-state index in [2.05, 4.69) is 0 Å². The molecule has 0 bridgehead atoms. The van der Waals surface area contributed by atoms with Crippen LogP contribution in [-0.2, 0) is 15.4 Å². The fourth-order valence-electron chi connectivity index (χ4n) is 2.53. The smallest absolute Gasteiger partial charge is 0.310 e. The predicted molar refractivity (Wildman–Crippen MR) is 81.3 cm³/mol. The molecule has 1 aromatic rings. The van der Waals surface area contributed by atoms with Crippen molar-refractivity contribution in [2.24, 2.45) is 5.92 Å². The molecular weight excluding hydrogens is 290 g/mol. The summed E-state index contributed by atoms with van der Waals surface area (Å²) in [7, 11) is 0. The van der Waals surface area contributed by atoms with Crippen molar-refractivity contribution in [3.05, 3.63) is 35.4 Å². The van der Waals surface area contributed by atoms with Crippen molar-refractivity contribution in [3.63, 3.8) is 0 Å². The molecule has 0 spiro atoms. The third-order valence-corrected chi connectivity index (χ3v) is 3.99. The number of rotatable bonds is 4. The molecule has 1 amide bonds. The Morgan fingerprint density at radius 3 is 2.67 bits per heavy atom. The molecule has 114 valence electrons. The van der Waals surface area contributed by atoms with Gasteiger partial charge in [0.25, 0.3) is 5.91 Å². The molecule has 0 radical (unpaired) electrons. The van der Waals surface area contributed by atoms with Crippen LogP contribution in [0, 0.1) is 5.92 Å². The van der Waals surface area contributed by atoms with Gasteiger partial charge in [-0.05, 0) is 37.5 Å². The standard InChI is InChI=1S/C16H20ClNO3/c1-2-21-16(20)14-4-3-9-18(11-14)15(19)13-7-5-12(10-17)6-8-13/h5-8,14H,2-4,9-11H2,1H3. The fraction of sp³-hybridized carbons (Fsp3) is 0.500. The average molecular weight is 310 g/mol. The molecule has 0 saturated carbocycles. The van der Waals surface area contributed by atoms with Gasteiger partial charge in [-0.1, -0.05) is 12.1 Å². The maximum Gasteiger partial charge on any atom is 0.310 e. The van der Waals surface area contributed by atoms with Gasteiger partial charge in [0.2, 0.25) is 0 Å². The summed E-state index contributed by atoms with van der Waals surface area (Å²) >= 11 is 5.74. The summed E-state index contributed by atoms with van der Waals surface area (Å²) in [6.07, 6.45) is 1.61. The Morgan fingerprint density at radius 1 is 1.33 bits per heavy atom. The minimum absolute atomic E-state index is 0.0369. The highest BCUT2D eigenvalue weighted by Gasteiger charge is 2.29. The summed E-state index contributed by atoms with van der Waals surface area (Å²) in [5.74, 6) is -0.00860. The number of nitrogens with zero attached hydrogens (tertiary/aromatic N) is 1. The van der Waals surface area contributed by atoms with Crippen LogP contribution in [0.25, 0.3) is 0 Å². The first-order chi connectivity index (χ1) is 10.2. The topological polar surface area (TPSA) is 46.6 Å². The number of hydrogen-bond acceptors (Lipinski definition) is 3. The number of alkyl halides is 1. The first-order valence-corrected chi connectivity index (χ1v) is 7.80. The number of piperidine rings is 1. The lowest BCUT2D eigenvalue weighted by Gasteiger charge is -2.31. The third kappa shape index (κ3) is 3.97. The molecule has 21 heavy (non-hydrogen) atoms. The molecule has 1 heterocycles. The molecule has 0 N–H and O–H groups in total. The number of carbonyl (C=O) groups is 2. The Hall–Kier alpha value is -1.55. The molecule has 2 rings (SSSR count). The van der Waals surface area contributed by atoms with E-state index in [1.807, 2.05) is 12.1 Å². The summed E-state index contributed by atoms with van der Waals surface area (Å²) in [6.45, 7) is 3.30. The molecule has 5 heteroatoms. The van der Waals surface area contributed by atoms with Crippen LogP contribution in [0.1, 0.15) is 35.7 Å². The maximum atomic E-state index is 12.5. The molecule has 0 aromatic heterocycles. The predicted octanol–water partition coefficient (Wildman–Crippen LogP) is 2.84. The van der Waals surface area contributed by atoms with Gasteiger partial charge >= 0.3 is 5.97 Å². The van der Waals surface area contributed by atoms with E-state index >= 15 is 0 Å². The largest absolute Gasteiger partial charge is 0.466 e. The van der Waals surface area contributed by atoms with Gasteiger partial charge in [0.05, 0.1) is 12.5 Å². The van der Waals surface area contributed by atoms with E-state index in [0.717, 1.165) is 18.4 Å². The Morgan fingerprint density at radius 2 is 2.05 bits per heavy atom. The molecule has 1 fully saturated rings. The van der Waals surface area contributed by atoms with E-state index in [9.17, 15) is 9.59 Å². The Kier molecular flexibility index (Phi) is 5.62. The average Bonchev–Trinajstić information content (AvgIpc) is 2.54. The summed E-state index contributed by atoms with van der Waals surface area (Å²) < 4.78 is 5.05. The molecular formula is C16H20ClNO3. The zero-order valence-corrected chi connectivity index (χ0v) is 12.9. The molecule has 1 aromatic carbocycles. The van der Waals surface area contributed by atoms with Crippen LogP contribution in [0.3, 0.4) is 0 Å². The summed E-state index contributed by atoms with van der Waals surface area (Å²) in [4.78, 5) is 26.0. The number of likely N-dealkylation sites (tertiary alicyclic amines) is 1. The fourth-order valence-corrected chi connectivity index (χ4v) is 2.71. The van der Waals surface area contributed by atoms with Crippen LogP contribution in [0.2, 0.25) is 0 Å². The molecule has 1 atom stereocenters. The zero-order chi connectivity index (χ0) is 15.2. The second kappa shape index (κ2) is 7.46. The maximum absolute atomic E-state index is 12.5. The number of esters is 1. The number of benzene rings is 1. The van der Waals surface area contributed by atoms with Crippen molar-refractivity contribution in [2.75, 3.05) is 19.7 Å². The monoisotopic (exact) mass is 309 g/mol. The Balaban J connectivity index is 2.02. The van der Waals surface area contributed by atoms with Crippen molar-refractivity contribution >= 4 is 23.5 Å². The van der Waals surface area contributed by atoms with E-state index in [1.54, 1.807) is 24.0 Å². The summed E-state index contributed by atoms with van der Waals surface area (Å²) in [5, 5.41) is 0. The molecule has 4 nitrogen and oxygen atoms in total. The van der Waals surface area contributed by atoms with E-state index in [-0.39, 0.29) is 17.8 Å². The number of halogens is 1. The van der Waals surface area contributed by atoms with Crippen LogP contribution in [0.4, 0.5) is 0 Å². The molecule has 1 aliphatic rings. The first kappa shape index (κ1) is 15.8. The highest BCUT2D eigenvalue weighted by atomic mass is 35.5. The van der Waals surface area contributed by atoms with Gasteiger partial charge in [0, 0.05) is 24.5 Å². The molecule has 1 saturated heterocycles. The minimum Gasteiger partial charge on any atom is -0.466 e. The first-order valence-electron chi connectivity index (χ1n) is 7.26. The van der Waals surface area contributed by atoms with Crippen molar-refractivity contribution < 1.29 is 14.3 Å². The van der Waals surface area contributed by atoms with E-state index in [0.29, 0.717) is 31.1 Å². The van der Waals surface area contributed by atoms with Crippen LogP contribution in [0.5, 0.6) is 0 Å². The van der Waals surface area contributed by atoms with Gasteiger partial charge in [-0.25, -0.2) is 0 Å². The lowest BCUT2D eigenvalue weighted by atomic mass is 9.97.